The summed E-state index contributed by atoms with van der Waals surface area (Å²) < 4.78 is 5.66. The Bertz CT molecular complexity index is 603. The van der Waals surface area contributed by atoms with Gasteiger partial charge in [-0.05, 0) is 31.9 Å². The average molecular weight is 286 g/mol. The summed E-state index contributed by atoms with van der Waals surface area (Å²) >= 11 is 0. The van der Waals surface area contributed by atoms with Crippen molar-refractivity contribution in [2.45, 2.75) is 40.2 Å². The number of rotatable bonds is 5. The molecule has 0 radical (unpaired) electrons. The molecule has 4 nitrogen and oxygen atoms in total. The van der Waals surface area contributed by atoms with Gasteiger partial charge in [0.15, 0.2) is 0 Å². The SMILES string of the molecule is Cc1oc(-c2ccccc2)nc1CC(=O)N[C@H](C)C(C)C. The highest BCUT2D eigenvalue weighted by atomic mass is 16.4. The first kappa shape index (κ1) is 15.3. The van der Waals surface area contributed by atoms with E-state index in [0.29, 0.717) is 23.3 Å². The molecule has 2 aromatic rings. The summed E-state index contributed by atoms with van der Waals surface area (Å²) in [5.74, 6) is 1.65. The van der Waals surface area contributed by atoms with Gasteiger partial charge in [0, 0.05) is 11.6 Å². The topological polar surface area (TPSA) is 55.1 Å². The van der Waals surface area contributed by atoms with E-state index in [4.69, 9.17) is 4.42 Å². The fourth-order valence-corrected chi connectivity index (χ4v) is 1.92. The van der Waals surface area contributed by atoms with Crippen molar-refractivity contribution < 1.29 is 9.21 Å². The van der Waals surface area contributed by atoms with Crippen molar-refractivity contribution in [2.24, 2.45) is 5.92 Å². The van der Waals surface area contributed by atoms with Gasteiger partial charge >= 0.3 is 0 Å². The van der Waals surface area contributed by atoms with Gasteiger partial charge in [-0.2, -0.15) is 0 Å². The molecule has 1 N–H and O–H groups in total. The average Bonchev–Trinajstić information content (AvgIpc) is 2.81. The Hall–Kier alpha value is -2.10. The molecular weight excluding hydrogens is 264 g/mol. The van der Waals surface area contributed by atoms with Gasteiger partial charge in [0.25, 0.3) is 0 Å². The van der Waals surface area contributed by atoms with Crippen LogP contribution in [-0.4, -0.2) is 16.9 Å². The molecule has 0 aliphatic carbocycles. The minimum atomic E-state index is -0.0211. The van der Waals surface area contributed by atoms with E-state index in [-0.39, 0.29) is 18.4 Å². The van der Waals surface area contributed by atoms with Gasteiger partial charge in [-0.3, -0.25) is 4.79 Å². The van der Waals surface area contributed by atoms with Gasteiger partial charge in [-0.1, -0.05) is 32.0 Å². The van der Waals surface area contributed by atoms with Crippen LogP contribution < -0.4 is 5.32 Å². The quantitative estimate of drug-likeness (QED) is 0.917. The first-order valence-corrected chi connectivity index (χ1v) is 7.28. The number of hydrogen-bond donors (Lipinski definition) is 1. The zero-order valence-electron chi connectivity index (χ0n) is 13.0. The lowest BCUT2D eigenvalue weighted by Gasteiger charge is -2.16. The van der Waals surface area contributed by atoms with E-state index in [2.05, 4.69) is 24.1 Å². The van der Waals surface area contributed by atoms with Crippen LogP contribution in [-0.2, 0) is 11.2 Å². The van der Waals surface area contributed by atoms with Crippen LogP contribution in [0.25, 0.3) is 11.5 Å². The zero-order chi connectivity index (χ0) is 15.4. The summed E-state index contributed by atoms with van der Waals surface area (Å²) in [5.41, 5.74) is 1.62. The third kappa shape index (κ3) is 3.94. The largest absolute Gasteiger partial charge is 0.441 e. The molecule has 0 bridgehead atoms. The minimum absolute atomic E-state index is 0.0211. The Morgan fingerprint density at radius 1 is 1.24 bits per heavy atom. The summed E-state index contributed by atoms with van der Waals surface area (Å²) in [6.07, 6.45) is 0.249. The van der Waals surface area contributed by atoms with Crippen molar-refractivity contribution in [2.75, 3.05) is 0 Å². The Morgan fingerprint density at radius 2 is 1.90 bits per heavy atom. The predicted octanol–water partition coefficient (Wildman–Crippen LogP) is 3.35. The first-order chi connectivity index (χ1) is 9.97. The van der Waals surface area contributed by atoms with Crippen LogP contribution >= 0.6 is 0 Å². The molecule has 0 fully saturated rings. The number of oxazole rings is 1. The van der Waals surface area contributed by atoms with Crippen LogP contribution in [0, 0.1) is 12.8 Å². The van der Waals surface area contributed by atoms with E-state index < -0.39 is 0 Å². The molecular formula is C17H22N2O2. The van der Waals surface area contributed by atoms with Gasteiger partial charge in [-0.25, -0.2) is 4.98 Å². The monoisotopic (exact) mass is 286 g/mol. The van der Waals surface area contributed by atoms with Crippen molar-refractivity contribution in [3.8, 4) is 11.5 Å². The summed E-state index contributed by atoms with van der Waals surface area (Å²) in [6.45, 7) is 8.02. The Morgan fingerprint density at radius 3 is 2.52 bits per heavy atom. The molecule has 1 atom stereocenters. The second-order valence-corrected chi connectivity index (χ2v) is 5.66. The van der Waals surface area contributed by atoms with Crippen molar-refractivity contribution in [1.82, 2.24) is 10.3 Å². The summed E-state index contributed by atoms with van der Waals surface area (Å²) in [4.78, 5) is 16.5. The van der Waals surface area contributed by atoms with E-state index in [1.54, 1.807) is 0 Å². The number of carbonyl (C=O) groups is 1. The second-order valence-electron chi connectivity index (χ2n) is 5.66. The van der Waals surface area contributed by atoms with E-state index in [0.717, 1.165) is 5.56 Å². The summed E-state index contributed by atoms with van der Waals surface area (Å²) in [5, 5.41) is 2.98. The van der Waals surface area contributed by atoms with Gasteiger partial charge in [0.05, 0.1) is 12.1 Å². The minimum Gasteiger partial charge on any atom is -0.441 e. The highest BCUT2D eigenvalue weighted by molar-refractivity contribution is 5.78. The third-order valence-corrected chi connectivity index (χ3v) is 3.63. The standard InChI is InChI=1S/C17H22N2O2/c1-11(2)12(3)18-16(20)10-15-13(4)21-17(19-15)14-8-6-5-7-9-14/h5-9,11-12H,10H2,1-4H3,(H,18,20)/t12-/m1/s1. The number of nitrogens with zero attached hydrogens (tertiary/aromatic N) is 1. The molecule has 0 aliphatic heterocycles. The highest BCUT2D eigenvalue weighted by Gasteiger charge is 2.16. The van der Waals surface area contributed by atoms with Gasteiger partial charge in [0.1, 0.15) is 5.76 Å². The van der Waals surface area contributed by atoms with Gasteiger partial charge in [-0.15, -0.1) is 0 Å². The Balaban J connectivity index is 2.08. The Kier molecular flexibility index (Phi) is 4.78. The fraction of sp³-hybridized carbons (Fsp3) is 0.412. The van der Waals surface area contributed by atoms with Crippen LogP contribution in [0.2, 0.25) is 0 Å². The van der Waals surface area contributed by atoms with Crippen molar-refractivity contribution in [1.29, 1.82) is 0 Å². The molecule has 0 aliphatic rings. The number of nitrogens with one attached hydrogen (secondary N) is 1. The fourth-order valence-electron chi connectivity index (χ4n) is 1.92. The molecule has 4 heteroatoms. The number of amides is 1. The summed E-state index contributed by atoms with van der Waals surface area (Å²) in [7, 11) is 0. The molecule has 1 aromatic heterocycles. The smallest absolute Gasteiger partial charge is 0.226 e. The number of benzene rings is 1. The summed E-state index contributed by atoms with van der Waals surface area (Å²) in [6, 6.07) is 9.85. The van der Waals surface area contributed by atoms with Crippen LogP contribution in [0.3, 0.4) is 0 Å². The van der Waals surface area contributed by atoms with Gasteiger partial charge < -0.3 is 9.73 Å². The number of carbonyl (C=O) groups excluding carboxylic acids is 1. The van der Waals surface area contributed by atoms with Crippen LogP contribution in [0.1, 0.15) is 32.2 Å². The molecule has 21 heavy (non-hydrogen) atoms. The molecule has 1 aromatic carbocycles. The Labute approximate surface area is 125 Å². The molecule has 2 rings (SSSR count). The lowest BCUT2D eigenvalue weighted by atomic mass is 10.1. The number of hydrogen-bond acceptors (Lipinski definition) is 3. The lowest BCUT2D eigenvalue weighted by molar-refractivity contribution is -0.121. The lowest BCUT2D eigenvalue weighted by Crippen LogP contribution is -2.37. The van der Waals surface area contributed by atoms with Crippen molar-refractivity contribution >= 4 is 5.91 Å². The normalized spacial score (nSPS) is 12.4. The van der Waals surface area contributed by atoms with Crippen molar-refractivity contribution in [3.63, 3.8) is 0 Å². The van der Waals surface area contributed by atoms with E-state index in [1.165, 1.54) is 0 Å². The molecule has 0 unspecified atom stereocenters. The maximum atomic E-state index is 12.0. The van der Waals surface area contributed by atoms with E-state index in [1.807, 2.05) is 44.2 Å². The first-order valence-electron chi connectivity index (χ1n) is 7.28. The third-order valence-electron chi connectivity index (χ3n) is 3.63. The molecule has 1 amide bonds. The van der Waals surface area contributed by atoms with Crippen LogP contribution in [0.15, 0.2) is 34.7 Å². The molecule has 0 spiro atoms. The molecule has 112 valence electrons. The maximum Gasteiger partial charge on any atom is 0.226 e. The van der Waals surface area contributed by atoms with E-state index >= 15 is 0 Å². The van der Waals surface area contributed by atoms with Gasteiger partial charge in [0.2, 0.25) is 11.8 Å². The highest BCUT2D eigenvalue weighted by Crippen LogP contribution is 2.21. The number of aryl methyl sites for hydroxylation is 1. The zero-order valence-corrected chi connectivity index (χ0v) is 13.0. The second kappa shape index (κ2) is 6.57. The number of aromatic nitrogens is 1. The van der Waals surface area contributed by atoms with Crippen LogP contribution in [0.4, 0.5) is 0 Å². The van der Waals surface area contributed by atoms with E-state index in [9.17, 15) is 4.79 Å². The van der Waals surface area contributed by atoms with Crippen LogP contribution in [0.5, 0.6) is 0 Å². The molecule has 0 saturated carbocycles. The molecule has 0 saturated heterocycles. The van der Waals surface area contributed by atoms with Crippen molar-refractivity contribution in [3.05, 3.63) is 41.8 Å². The maximum absolute atomic E-state index is 12.0. The molecule has 1 heterocycles. The predicted molar refractivity (Wildman–Crippen MR) is 82.8 cm³/mol.